The molecule has 0 spiro atoms. The number of ether oxygens (including phenoxy) is 1. The highest BCUT2D eigenvalue weighted by Gasteiger charge is 2.35. The fourth-order valence-electron chi connectivity index (χ4n) is 2.37. The summed E-state index contributed by atoms with van der Waals surface area (Å²) in [7, 11) is -4.13. The summed E-state index contributed by atoms with van der Waals surface area (Å²) in [6, 6.07) is 0. The number of aliphatic hydroxyl groups is 2. The van der Waals surface area contributed by atoms with Crippen LogP contribution in [0.15, 0.2) is 11.4 Å². The molecule has 1 saturated heterocycles. The number of hydrogen-bond acceptors (Lipinski definition) is 9. The third-order valence-corrected chi connectivity index (χ3v) is 4.19. The second-order valence-corrected chi connectivity index (χ2v) is 6.35. The highest BCUT2D eigenvalue weighted by molar-refractivity contribution is 7.89. The number of fused-ring (bicyclic) bond motifs is 1. The average molecular weight is 330 g/mol. The number of nitrogen functional groups attached to an aromatic ring is 1. The van der Waals surface area contributed by atoms with Gasteiger partial charge in [0, 0.05) is 6.42 Å². The third-order valence-electron chi connectivity index (χ3n) is 3.37. The summed E-state index contributed by atoms with van der Waals surface area (Å²) < 4.78 is 30.0. The van der Waals surface area contributed by atoms with Crippen molar-refractivity contribution >= 4 is 27.1 Å². The minimum absolute atomic E-state index is 0.0396. The number of primary sulfonamides is 1. The largest absolute Gasteiger partial charge is 0.394 e. The predicted octanol–water partition coefficient (Wildman–Crippen LogP) is -2.30. The Morgan fingerprint density at radius 2 is 2.18 bits per heavy atom. The minimum Gasteiger partial charge on any atom is -0.394 e. The standard InChI is InChI=1S/C10H14N6O5S/c11-10-14-8-7(9(15-10)22(12,19)20)13-3-16(8)6-1-4(18)5(2-17)21-6/h3-6,17-18H,1-2H2,(H2,11,14,15)(H2,12,19,20)/t4-,5+,6-/m0/s1. The van der Waals surface area contributed by atoms with Crippen LogP contribution in [0.1, 0.15) is 12.6 Å². The molecule has 2 aromatic rings. The number of imidazole rings is 1. The monoisotopic (exact) mass is 330 g/mol. The number of aromatic nitrogens is 4. The summed E-state index contributed by atoms with van der Waals surface area (Å²) in [5, 5.41) is 23.5. The summed E-state index contributed by atoms with van der Waals surface area (Å²) >= 11 is 0. The zero-order valence-electron chi connectivity index (χ0n) is 11.2. The van der Waals surface area contributed by atoms with Gasteiger partial charge in [-0.3, -0.25) is 4.57 Å². The van der Waals surface area contributed by atoms with E-state index in [1.165, 1.54) is 10.9 Å². The second kappa shape index (κ2) is 5.10. The lowest BCUT2D eigenvalue weighted by Gasteiger charge is -2.13. The molecular weight excluding hydrogens is 316 g/mol. The number of anilines is 1. The van der Waals surface area contributed by atoms with Crippen molar-refractivity contribution in [3.63, 3.8) is 0 Å². The molecule has 0 aliphatic carbocycles. The zero-order chi connectivity index (χ0) is 16.1. The van der Waals surface area contributed by atoms with E-state index in [-0.39, 0.29) is 30.1 Å². The van der Waals surface area contributed by atoms with Gasteiger partial charge < -0.3 is 20.7 Å². The first-order valence-electron chi connectivity index (χ1n) is 6.28. The van der Waals surface area contributed by atoms with Gasteiger partial charge in [-0.25, -0.2) is 18.5 Å². The summed E-state index contributed by atoms with van der Waals surface area (Å²) in [5.74, 6) is -0.282. The number of hydrogen-bond donors (Lipinski definition) is 4. The molecule has 0 aromatic carbocycles. The van der Waals surface area contributed by atoms with Gasteiger partial charge in [0.1, 0.15) is 17.8 Å². The number of aliphatic hydroxyl groups excluding tert-OH is 2. The molecule has 3 rings (SSSR count). The molecule has 1 aliphatic heterocycles. The average Bonchev–Trinajstić information content (AvgIpc) is 2.99. The molecule has 1 fully saturated rings. The summed E-state index contributed by atoms with van der Waals surface area (Å²) in [6.45, 7) is -0.343. The molecule has 12 heteroatoms. The number of rotatable bonds is 3. The molecule has 2 aromatic heterocycles. The van der Waals surface area contributed by atoms with E-state index in [2.05, 4.69) is 15.0 Å². The zero-order valence-corrected chi connectivity index (χ0v) is 12.0. The maximum atomic E-state index is 11.6. The smallest absolute Gasteiger partial charge is 0.258 e. The molecule has 0 unspecified atom stereocenters. The van der Waals surface area contributed by atoms with Gasteiger partial charge in [0.05, 0.1) is 19.0 Å². The van der Waals surface area contributed by atoms with Crippen molar-refractivity contribution in [2.24, 2.45) is 5.14 Å². The molecule has 0 saturated carbocycles. The molecule has 1 aliphatic rings. The van der Waals surface area contributed by atoms with Crippen molar-refractivity contribution in [2.75, 3.05) is 12.3 Å². The van der Waals surface area contributed by atoms with Crippen LogP contribution in [0.2, 0.25) is 0 Å². The van der Waals surface area contributed by atoms with Crippen LogP contribution in [-0.2, 0) is 14.8 Å². The second-order valence-electron chi connectivity index (χ2n) is 4.87. The van der Waals surface area contributed by atoms with Gasteiger partial charge in [-0.15, -0.1) is 0 Å². The lowest BCUT2D eigenvalue weighted by Crippen LogP contribution is -2.24. The molecule has 3 heterocycles. The molecular formula is C10H14N6O5S. The Bertz CT molecular complexity index is 821. The molecule has 6 N–H and O–H groups in total. The quantitative estimate of drug-likeness (QED) is 0.450. The van der Waals surface area contributed by atoms with Crippen molar-refractivity contribution in [3.8, 4) is 0 Å². The Morgan fingerprint density at radius 1 is 1.45 bits per heavy atom. The fraction of sp³-hybridized carbons (Fsp3) is 0.500. The Hall–Kier alpha value is -1.86. The number of nitrogens with two attached hydrogens (primary N) is 2. The third kappa shape index (κ3) is 2.40. The Kier molecular flexibility index (Phi) is 3.49. The van der Waals surface area contributed by atoms with Crippen molar-refractivity contribution in [1.29, 1.82) is 0 Å². The van der Waals surface area contributed by atoms with Gasteiger partial charge in [-0.05, 0) is 0 Å². The van der Waals surface area contributed by atoms with Crippen LogP contribution in [0.3, 0.4) is 0 Å². The number of nitrogens with zero attached hydrogens (tertiary/aromatic N) is 4. The first kappa shape index (κ1) is 15.1. The fourth-order valence-corrected chi connectivity index (χ4v) is 3.00. The van der Waals surface area contributed by atoms with E-state index in [0.717, 1.165) is 0 Å². The first-order chi connectivity index (χ1) is 10.3. The van der Waals surface area contributed by atoms with E-state index < -0.39 is 33.5 Å². The molecule has 22 heavy (non-hydrogen) atoms. The minimum atomic E-state index is -4.13. The lowest BCUT2D eigenvalue weighted by atomic mass is 10.2. The van der Waals surface area contributed by atoms with Gasteiger partial charge in [-0.2, -0.15) is 9.97 Å². The highest BCUT2D eigenvalue weighted by Crippen LogP contribution is 2.31. The first-order valence-corrected chi connectivity index (χ1v) is 7.83. The predicted molar refractivity (Wildman–Crippen MR) is 72.7 cm³/mol. The van der Waals surface area contributed by atoms with E-state index in [1.807, 2.05) is 0 Å². The maximum absolute atomic E-state index is 11.6. The maximum Gasteiger partial charge on any atom is 0.258 e. The van der Waals surface area contributed by atoms with Crippen molar-refractivity contribution < 1.29 is 23.4 Å². The van der Waals surface area contributed by atoms with Crippen molar-refractivity contribution in [2.45, 2.75) is 29.9 Å². The van der Waals surface area contributed by atoms with Crippen LogP contribution in [0.4, 0.5) is 5.95 Å². The van der Waals surface area contributed by atoms with Gasteiger partial charge in [-0.1, -0.05) is 0 Å². The van der Waals surface area contributed by atoms with Gasteiger partial charge in [0.25, 0.3) is 10.0 Å². The van der Waals surface area contributed by atoms with E-state index in [9.17, 15) is 13.5 Å². The SMILES string of the molecule is Nc1nc(S(N)(=O)=O)c2ncn([C@@H]3C[C@H](O)[C@@H](CO)O3)c2n1. The number of sulfonamides is 1. The van der Waals surface area contributed by atoms with E-state index in [4.69, 9.17) is 20.7 Å². The van der Waals surface area contributed by atoms with E-state index in [0.29, 0.717) is 0 Å². The van der Waals surface area contributed by atoms with Crippen molar-refractivity contribution in [1.82, 2.24) is 19.5 Å². The molecule has 120 valence electrons. The van der Waals surface area contributed by atoms with Crippen LogP contribution in [0, 0.1) is 0 Å². The van der Waals surface area contributed by atoms with Crippen LogP contribution >= 0.6 is 0 Å². The van der Waals surface area contributed by atoms with Gasteiger partial charge in [0.15, 0.2) is 5.65 Å². The summed E-state index contributed by atoms with van der Waals surface area (Å²) in [5.41, 5.74) is 5.59. The Balaban J connectivity index is 2.12. The summed E-state index contributed by atoms with van der Waals surface area (Å²) in [4.78, 5) is 11.5. The lowest BCUT2D eigenvalue weighted by molar-refractivity contribution is -0.0432. The van der Waals surface area contributed by atoms with Crippen LogP contribution < -0.4 is 10.9 Å². The van der Waals surface area contributed by atoms with E-state index in [1.54, 1.807) is 0 Å². The van der Waals surface area contributed by atoms with Crippen LogP contribution in [0.5, 0.6) is 0 Å². The highest BCUT2D eigenvalue weighted by atomic mass is 32.2. The summed E-state index contributed by atoms with van der Waals surface area (Å²) in [6.07, 6.45) is -0.779. The molecule has 11 nitrogen and oxygen atoms in total. The van der Waals surface area contributed by atoms with Gasteiger partial charge >= 0.3 is 0 Å². The topological polar surface area (TPSA) is 179 Å². The van der Waals surface area contributed by atoms with Gasteiger partial charge in [0.2, 0.25) is 11.0 Å². The van der Waals surface area contributed by atoms with Crippen molar-refractivity contribution in [3.05, 3.63) is 6.33 Å². The molecule has 0 radical (unpaired) electrons. The van der Waals surface area contributed by atoms with Crippen LogP contribution in [-0.4, -0.2) is 57.0 Å². The molecule has 0 amide bonds. The Labute approximate surface area is 124 Å². The molecule has 3 atom stereocenters. The molecule has 0 bridgehead atoms. The van der Waals surface area contributed by atoms with Crippen LogP contribution in [0.25, 0.3) is 11.2 Å². The normalized spacial score (nSPS) is 25.9. The van der Waals surface area contributed by atoms with E-state index >= 15 is 0 Å². The Morgan fingerprint density at radius 3 is 2.77 bits per heavy atom.